The zero-order valence-corrected chi connectivity index (χ0v) is 12.6. The topological polar surface area (TPSA) is 67.4 Å². The van der Waals surface area contributed by atoms with Crippen molar-refractivity contribution < 1.29 is 14.3 Å². The van der Waals surface area contributed by atoms with Gasteiger partial charge < -0.3 is 15.4 Å². The molecule has 0 radical (unpaired) electrons. The second-order valence-electron chi connectivity index (χ2n) is 5.01. The summed E-state index contributed by atoms with van der Waals surface area (Å²) >= 11 is 1.34. The molecule has 1 fully saturated rings. The van der Waals surface area contributed by atoms with E-state index in [1.54, 1.807) is 6.07 Å². The first-order chi connectivity index (χ1) is 9.60. The van der Waals surface area contributed by atoms with Crippen LogP contribution in [0.25, 0.3) is 0 Å². The highest BCUT2D eigenvalue weighted by Crippen LogP contribution is 2.24. The van der Waals surface area contributed by atoms with E-state index >= 15 is 0 Å². The number of amides is 2. The fourth-order valence-corrected chi connectivity index (χ4v) is 3.29. The van der Waals surface area contributed by atoms with Gasteiger partial charge in [-0.1, -0.05) is 12.8 Å². The summed E-state index contributed by atoms with van der Waals surface area (Å²) in [5, 5.41) is 5.88. The van der Waals surface area contributed by atoms with Gasteiger partial charge in [0.2, 0.25) is 0 Å². The van der Waals surface area contributed by atoms with Crippen LogP contribution in [-0.4, -0.2) is 25.2 Å². The first-order valence-electron chi connectivity index (χ1n) is 6.85. The van der Waals surface area contributed by atoms with Gasteiger partial charge in [0.05, 0.1) is 13.2 Å². The Hall–Kier alpha value is -1.56. The van der Waals surface area contributed by atoms with E-state index in [2.05, 4.69) is 15.4 Å². The van der Waals surface area contributed by atoms with Crippen molar-refractivity contribution in [1.82, 2.24) is 10.6 Å². The first-order valence-corrected chi connectivity index (χ1v) is 7.67. The quantitative estimate of drug-likeness (QED) is 0.840. The van der Waals surface area contributed by atoms with E-state index in [-0.39, 0.29) is 18.0 Å². The molecule has 1 aliphatic carbocycles. The molecule has 1 heterocycles. The molecule has 6 heteroatoms. The van der Waals surface area contributed by atoms with Gasteiger partial charge in [0.25, 0.3) is 0 Å². The molecule has 2 amide bonds. The molecule has 1 aromatic heterocycles. The molecule has 5 nitrogen and oxygen atoms in total. The zero-order valence-electron chi connectivity index (χ0n) is 11.8. The molecule has 2 rings (SSSR count). The lowest BCUT2D eigenvalue weighted by atomic mass is 10.2. The van der Waals surface area contributed by atoms with Crippen LogP contribution in [0.2, 0.25) is 0 Å². The Morgan fingerprint density at radius 3 is 2.70 bits per heavy atom. The molecular formula is C14H20N2O3S. The highest BCUT2D eigenvalue weighted by molar-refractivity contribution is 7.14. The number of thiophene rings is 1. The summed E-state index contributed by atoms with van der Waals surface area (Å²) < 4.78 is 4.67. The summed E-state index contributed by atoms with van der Waals surface area (Å²) in [6.45, 7) is 1.90. The highest BCUT2D eigenvalue weighted by atomic mass is 32.1. The Balaban J connectivity index is 1.87. The summed E-state index contributed by atoms with van der Waals surface area (Å²) in [7, 11) is 1.36. The Bertz CT molecular complexity index is 481. The van der Waals surface area contributed by atoms with Crippen LogP contribution in [0, 0.1) is 0 Å². The number of hydrogen-bond donors (Lipinski definition) is 2. The molecule has 20 heavy (non-hydrogen) atoms. The Morgan fingerprint density at radius 1 is 1.35 bits per heavy atom. The number of ether oxygens (including phenoxy) is 1. The van der Waals surface area contributed by atoms with Gasteiger partial charge in [-0.25, -0.2) is 9.59 Å². The number of carbonyl (C=O) groups excluding carboxylic acids is 2. The van der Waals surface area contributed by atoms with E-state index in [0.717, 1.165) is 17.7 Å². The second-order valence-corrected chi connectivity index (χ2v) is 6.13. The van der Waals surface area contributed by atoms with Gasteiger partial charge in [-0.05, 0) is 31.9 Å². The normalized spacial score (nSPS) is 16.7. The number of rotatable bonds is 4. The molecular weight excluding hydrogens is 276 g/mol. The number of hydrogen-bond acceptors (Lipinski definition) is 4. The van der Waals surface area contributed by atoms with E-state index in [0.29, 0.717) is 10.9 Å². The number of urea groups is 1. The molecule has 1 atom stereocenters. The van der Waals surface area contributed by atoms with Crippen molar-refractivity contribution in [1.29, 1.82) is 0 Å². The minimum absolute atomic E-state index is 0.125. The third-order valence-electron chi connectivity index (χ3n) is 3.48. The van der Waals surface area contributed by atoms with Gasteiger partial charge in [-0.15, -0.1) is 11.3 Å². The predicted octanol–water partition coefficient (Wildman–Crippen LogP) is 2.84. The van der Waals surface area contributed by atoms with Gasteiger partial charge in [0.15, 0.2) is 0 Å². The molecule has 0 aromatic carbocycles. The van der Waals surface area contributed by atoms with E-state index < -0.39 is 0 Å². The predicted molar refractivity (Wildman–Crippen MR) is 78.0 cm³/mol. The molecule has 1 aliphatic rings. The van der Waals surface area contributed by atoms with Gasteiger partial charge in [-0.2, -0.15) is 0 Å². The van der Waals surface area contributed by atoms with E-state index in [1.807, 2.05) is 13.0 Å². The third-order valence-corrected chi connectivity index (χ3v) is 4.73. The smallest absolute Gasteiger partial charge is 0.348 e. The summed E-state index contributed by atoms with van der Waals surface area (Å²) in [4.78, 5) is 24.7. The maximum atomic E-state index is 11.9. The van der Waals surface area contributed by atoms with E-state index in [4.69, 9.17) is 0 Å². The van der Waals surface area contributed by atoms with E-state index in [1.165, 1.54) is 31.3 Å². The molecule has 0 spiro atoms. The number of esters is 1. The van der Waals surface area contributed by atoms with Crippen molar-refractivity contribution in [3.05, 3.63) is 21.9 Å². The van der Waals surface area contributed by atoms with Crippen LogP contribution in [0.4, 0.5) is 4.79 Å². The summed E-state index contributed by atoms with van der Waals surface area (Å²) in [6, 6.07) is 3.60. The maximum Gasteiger partial charge on any atom is 0.348 e. The SMILES string of the molecule is COC(=O)c1ccc(C(C)NC(=O)NC2CCCC2)s1. The fourth-order valence-electron chi connectivity index (χ4n) is 2.36. The van der Waals surface area contributed by atoms with Crippen LogP contribution >= 0.6 is 11.3 Å². The Morgan fingerprint density at radius 2 is 2.05 bits per heavy atom. The number of methoxy groups -OCH3 is 1. The van der Waals surface area contributed by atoms with Crippen molar-refractivity contribution in [2.75, 3.05) is 7.11 Å². The molecule has 0 aliphatic heterocycles. The minimum atomic E-state index is -0.344. The molecule has 1 aromatic rings. The summed E-state index contributed by atoms with van der Waals surface area (Å²) in [5.74, 6) is -0.344. The zero-order chi connectivity index (χ0) is 14.5. The second kappa shape index (κ2) is 6.74. The lowest BCUT2D eigenvalue weighted by Gasteiger charge is -2.16. The molecule has 0 saturated heterocycles. The van der Waals surface area contributed by atoms with Gasteiger partial charge >= 0.3 is 12.0 Å². The first kappa shape index (κ1) is 14.8. The van der Waals surface area contributed by atoms with Crippen LogP contribution in [0.15, 0.2) is 12.1 Å². The fraction of sp³-hybridized carbons (Fsp3) is 0.571. The van der Waals surface area contributed by atoms with E-state index in [9.17, 15) is 9.59 Å². The standard InChI is InChI=1S/C14H20N2O3S/c1-9(11-7-8-12(20-11)13(17)19-2)15-14(18)16-10-5-3-4-6-10/h7-10H,3-6H2,1-2H3,(H2,15,16,18). The average molecular weight is 296 g/mol. The third kappa shape index (κ3) is 3.72. The van der Waals surface area contributed by atoms with Crippen molar-refractivity contribution in [2.45, 2.75) is 44.7 Å². The van der Waals surface area contributed by atoms with Crippen molar-refractivity contribution in [3.63, 3.8) is 0 Å². The van der Waals surface area contributed by atoms with Crippen molar-refractivity contribution in [3.8, 4) is 0 Å². The molecule has 1 unspecified atom stereocenters. The van der Waals surface area contributed by atoms with Crippen LogP contribution in [0.3, 0.4) is 0 Å². The van der Waals surface area contributed by atoms with Gasteiger partial charge in [-0.3, -0.25) is 0 Å². The van der Waals surface area contributed by atoms with Gasteiger partial charge in [0.1, 0.15) is 4.88 Å². The minimum Gasteiger partial charge on any atom is -0.465 e. The average Bonchev–Trinajstić information content (AvgIpc) is 3.08. The lowest BCUT2D eigenvalue weighted by Crippen LogP contribution is -2.41. The number of carbonyl (C=O) groups is 2. The molecule has 0 bridgehead atoms. The number of nitrogens with one attached hydrogen (secondary N) is 2. The van der Waals surface area contributed by atoms with Crippen LogP contribution in [0.5, 0.6) is 0 Å². The maximum absolute atomic E-state index is 11.9. The van der Waals surface area contributed by atoms with Crippen LogP contribution in [-0.2, 0) is 4.74 Å². The monoisotopic (exact) mass is 296 g/mol. The highest BCUT2D eigenvalue weighted by Gasteiger charge is 2.19. The largest absolute Gasteiger partial charge is 0.465 e. The Kier molecular flexibility index (Phi) is 5.00. The van der Waals surface area contributed by atoms with Crippen molar-refractivity contribution >= 4 is 23.3 Å². The molecule has 110 valence electrons. The molecule has 1 saturated carbocycles. The lowest BCUT2D eigenvalue weighted by molar-refractivity contribution is 0.0606. The Labute approximate surface area is 122 Å². The van der Waals surface area contributed by atoms with Crippen molar-refractivity contribution in [2.24, 2.45) is 0 Å². The summed E-state index contributed by atoms with van der Waals surface area (Å²) in [5.41, 5.74) is 0. The van der Waals surface area contributed by atoms with Crippen LogP contribution < -0.4 is 10.6 Å². The van der Waals surface area contributed by atoms with Gasteiger partial charge in [0, 0.05) is 10.9 Å². The summed E-state index contributed by atoms with van der Waals surface area (Å²) in [6.07, 6.45) is 4.50. The molecule has 2 N–H and O–H groups in total. The van der Waals surface area contributed by atoms with Crippen LogP contribution in [0.1, 0.15) is 53.2 Å².